The lowest BCUT2D eigenvalue weighted by Crippen LogP contribution is -2.36. The molecule has 2 amide bonds. The Balaban J connectivity index is 1.16. The molecule has 2 aromatic rings. The van der Waals surface area contributed by atoms with Crippen LogP contribution in [0.2, 0.25) is 0 Å². The lowest BCUT2D eigenvalue weighted by Gasteiger charge is -2.16. The summed E-state index contributed by atoms with van der Waals surface area (Å²) in [5.74, 6) is 1.23. The molecule has 0 spiro atoms. The Labute approximate surface area is 179 Å². The molecule has 2 aromatic carbocycles. The van der Waals surface area contributed by atoms with E-state index in [9.17, 15) is 9.59 Å². The lowest BCUT2D eigenvalue weighted by molar-refractivity contribution is -0.134. The summed E-state index contributed by atoms with van der Waals surface area (Å²) >= 11 is 1.89. The zero-order chi connectivity index (χ0) is 20.8. The number of hydrogen-bond acceptors (Lipinski definition) is 6. The molecule has 2 aliphatic rings. The van der Waals surface area contributed by atoms with Gasteiger partial charge in [-0.1, -0.05) is 24.6 Å². The van der Waals surface area contributed by atoms with Crippen LogP contribution in [-0.4, -0.2) is 35.1 Å². The zero-order valence-electron chi connectivity index (χ0n) is 16.5. The molecule has 0 aliphatic carbocycles. The maximum absolute atomic E-state index is 12.1. The molecule has 2 N–H and O–H groups in total. The van der Waals surface area contributed by atoms with Crippen LogP contribution in [0.25, 0.3) is 0 Å². The van der Waals surface area contributed by atoms with Crippen molar-refractivity contribution in [2.45, 2.75) is 43.0 Å². The summed E-state index contributed by atoms with van der Waals surface area (Å²) < 4.78 is 5.40. The van der Waals surface area contributed by atoms with Crippen LogP contribution in [0, 0.1) is 0 Å². The van der Waals surface area contributed by atoms with E-state index in [4.69, 9.17) is 4.74 Å². The highest BCUT2D eigenvalue weighted by Crippen LogP contribution is 2.33. The topological polar surface area (TPSA) is 92.2 Å². The molecule has 0 unspecified atom stereocenters. The van der Waals surface area contributed by atoms with E-state index in [0.717, 1.165) is 30.7 Å². The van der Waals surface area contributed by atoms with Gasteiger partial charge in [0.1, 0.15) is 5.75 Å². The maximum Gasteiger partial charge on any atom is 0.315 e. The van der Waals surface area contributed by atoms with Gasteiger partial charge in [0.05, 0.1) is 23.5 Å². The fourth-order valence-electron chi connectivity index (χ4n) is 3.63. The molecular weight excluding hydrogens is 400 g/mol. The summed E-state index contributed by atoms with van der Waals surface area (Å²) in [5, 5.41) is 14.7. The van der Waals surface area contributed by atoms with Crippen molar-refractivity contribution >= 4 is 35.1 Å². The number of carbonyl (C=O) groups is 2. The van der Waals surface area contributed by atoms with Crippen LogP contribution < -0.4 is 15.4 Å². The van der Waals surface area contributed by atoms with Crippen LogP contribution in [0.15, 0.2) is 64.8 Å². The minimum absolute atomic E-state index is 0.0635. The number of urea groups is 1. The molecular formula is C22H24N4O3S. The molecule has 0 aromatic heterocycles. The third kappa shape index (κ3) is 5.38. The Bertz CT molecular complexity index is 904. The third-order valence-corrected chi connectivity index (χ3v) is 6.67. The monoisotopic (exact) mass is 424 g/mol. The fraction of sp³-hybridized carbons (Fsp3) is 0.364. The number of nitrogens with one attached hydrogen (secondary N) is 2. The normalized spacial score (nSPS) is 22.5. The van der Waals surface area contributed by atoms with Gasteiger partial charge < -0.3 is 15.4 Å². The second kappa shape index (κ2) is 9.75. The van der Waals surface area contributed by atoms with Gasteiger partial charge in [-0.25, -0.2) is 4.79 Å². The number of rotatable bonds is 8. The van der Waals surface area contributed by atoms with Crippen molar-refractivity contribution in [1.29, 1.82) is 0 Å². The highest BCUT2D eigenvalue weighted by molar-refractivity contribution is 8.00. The number of amides is 2. The van der Waals surface area contributed by atoms with Crippen molar-refractivity contribution in [3.63, 3.8) is 0 Å². The number of ether oxygens (including phenoxy) is 1. The molecule has 2 saturated heterocycles. The predicted molar refractivity (Wildman–Crippen MR) is 117 cm³/mol. The number of benzene rings is 2. The average Bonchev–Trinajstić information content (AvgIpc) is 3.31. The van der Waals surface area contributed by atoms with Crippen LogP contribution in [0.4, 0.5) is 16.2 Å². The first-order valence-electron chi connectivity index (χ1n) is 10.1. The summed E-state index contributed by atoms with van der Waals surface area (Å²) in [5.41, 5.74) is 1.48. The van der Waals surface area contributed by atoms with Gasteiger partial charge in [0, 0.05) is 17.4 Å². The molecule has 0 saturated carbocycles. The minimum Gasteiger partial charge on any atom is -0.427 e. The standard InChI is InChI=1S/C22H24N4O3S/c27-20(9-5-4-8-19-21-18(14-30-19)23-22(28)24-21)29-17-12-10-16(11-13-17)26-25-15-6-2-1-3-7-15/h1-3,6-7,10-13,18-19,21H,4-5,8-9,14H2,(H2,23,24,28)/t18-,19-,21-/m0/s1. The van der Waals surface area contributed by atoms with E-state index in [1.807, 2.05) is 42.1 Å². The van der Waals surface area contributed by atoms with Crippen molar-refractivity contribution in [1.82, 2.24) is 10.6 Å². The van der Waals surface area contributed by atoms with Gasteiger partial charge in [-0.3, -0.25) is 4.79 Å². The summed E-state index contributed by atoms with van der Waals surface area (Å²) in [7, 11) is 0. The van der Waals surface area contributed by atoms with Gasteiger partial charge >= 0.3 is 12.0 Å². The van der Waals surface area contributed by atoms with E-state index >= 15 is 0 Å². The molecule has 156 valence electrons. The second-order valence-electron chi connectivity index (χ2n) is 7.37. The summed E-state index contributed by atoms with van der Waals surface area (Å²) in [6.07, 6.45) is 3.08. The van der Waals surface area contributed by atoms with E-state index in [1.165, 1.54) is 0 Å². The van der Waals surface area contributed by atoms with Crippen LogP contribution in [0.5, 0.6) is 5.75 Å². The van der Waals surface area contributed by atoms with E-state index < -0.39 is 0 Å². The smallest absolute Gasteiger partial charge is 0.315 e. The summed E-state index contributed by atoms with van der Waals surface area (Å²) in [6, 6.07) is 16.9. The SMILES string of the molecule is O=C1N[C@H]2[C@H](CS[C@H]2CCCCC(=O)Oc2ccc(N=Nc3ccccc3)cc2)N1. The largest absolute Gasteiger partial charge is 0.427 e. The Morgan fingerprint density at radius 2 is 1.73 bits per heavy atom. The average molecular weight is 425 g/mol. The molecule has 2 aliphatic heterocycles. The molecule has 3 atom stereocenters. The number of hydrogen-bond donors (Lipinski definition) is 2. The zero-order valence-corrected chi connectivity index (χ0v) is 17.3. The predicted octanol–water partition coefficient (Wildman–Crippen LogP) is 4.73. The van der Waals surface area contributed by atoms with Gasteiger partial charge in [0.15, 0.2) is 0 Å². The fourth-order valence-corrected chi connectivity index (χ4v) is 5.17. The van der Waals surface area contributed by atoms with Gasteiger partial charge in [0.25, 0.3) is 0 Å². The van der Waals surface area contributed by atoms with E-state index in [2.05, 4.69) is 20.9 Å². The molecule has 2 fully saturated rings. The molecule has 4 rings (SSSR count). The number of nitrogens with zero attached hydrogens (tertiary/aromatic N) is 2. The number of fused-ring (bicyclic) bond motifs is 1. The number of carbonyl (C=O) groups excluding carboxylic acids is 2. The Morgan fingerprint density at radius 1 is 1.00 bits per heavy atom. The number of thioether (sulfide) groups is 1. The number of esters is 1. The Kier molecular flexibility index (Phi) is 6.63. The van der Waals surface area contributed by atoms with Gasteiger partial charge in [-0.15, -0.1) is 0 Å². The van der Waals surface area contributed by atoms with Crippen LogP contribution in [-0.2, 0) is 4.79 Å². The quantitative estimate of drug-likeness (QED) is 0.211. The number of azo groups is 1. The molecule has 0 bridgehead atoms. The molecule has 2 heterocycles. The van der Waals surface area contributed by atoms with E-state index in [1.54, 1.807) is 24.3 Å². The first-order valence-corrected chi connectivity index (χ1v) is 11.2. The first-order chi connectivity index (χ1) is 14.7. The molecule has 30 heavy (non-hydrogen) atoms. The van der Waals surface area contributed by atoms with Crippen molar-refractivity contribution in [2.24, 2.45) is 10.2 Å². The second-order valence-corrected chi connectivity index (χ2v) is 8.64. The van der Waals surface area contributed by atoms with Gasteiger partial charge in [-0.2, -0.15) is 22.0 Å². The Morgan fingerprint density at radius 3 is 2.50 bits per heavy atom. The first kappa shape index (κ1) is 20.4. The van der Waals surface area contributed by atoms with Crippen molar-refractivity contribution in [3.8, 4) is 5.75 Å². The van der Waals surface area contributed by atoms with E-state index in [-0.39, 0.29) is 24.1 Å². The van der Waals surface area contributed by atoms with Crippen molar-refractivity contribution in [2.75, 3.05) is 5.75 Å². The van der Waals surface area contributed by atoms with Gasteiger partial charge in [0.2, 0.25) is 0 Å². The lowest BCUT2D eigenvalue weighted by atomic mass is 10.0. The minimum atomic E-state index is -0.235. The third-order valence-electron chi connectivity index (χ3n) is 5.16. The molecule has 8 heteroatoms. The Hall–Kier alpha value is -2.87. The van der Waals surface area contributed by atoms with Crippen LogP contribution in [0.3, 0.4) is 0 Å². The highest BCUT2D eigenvalue weighted by Gasteiger charge is 2.42. The van der Waals surface area contributed by atoms with Crippen LogP contribution >= 0.6 is 11.8 Å². The van der Waals surface area contributed by atoms with Gasteiger partial charge in [-0.05, 0) is 49.2 Å². The number of unbranched alkanes of at least 4 members (excludes halogenated alkanes) is 1. The summed E-state index contributed by atoms with van der Waals surface area (Å²) in [4.78, 5) is 23.5. The van der Waals surface area contributed by atoms with Crippen LogP contribution in [0.1, 0.15) is 25.7 Å². The highest BCUT2D eigenvalue weighted by atomic mass is 32.2. The van der Waals surface area contributed by atoms with Crippen molar-refractivity contribution < 1.29 is 14.3 Å². The molecule has 0 radical (unpaired) electrons. The summed E-state index contributed by atoms with van der Waals surface area (Å²) in [6.45, 7) is 0. The van der Waals surface area contributed by atoms with E-state index in [0.29, 0.717) is 23.1 Å². The maximum atomic E-state index is 12.1. The molecule has 7 nitrogen and oxygen atoms in total. The van der Waals surface area contributed by atoms with Crippen molar-refractivity contribution in [3.05, 3.63) is 54.6 Å².